The summed E-state index contributed by atoms with van der Waals surface area (Å²) in [7, 11) is 1.62. The van der Waals surface area contributed by atoms with Crippen LogP contribution in [0.25, 0.3) is 0 Å². The van der Waals surface area contributed by atoms with E-state index in [1.165, 1.54) is 0 Å². The van der Waals surface area contributed by atoms with Crippen LogP contribution in [0, 0.1) is 5.92 Å². The van der Waals surface area contributed by atoms with Crippen molar-refractivity contribution in [1.82, 2.24) is 5.32 Å². The van der Waals surface area contributed by atoms with Crippen LogP contribution in [0.15, 0.2) is 0 Å². The van der Waals surface area contributed by atoms with Crippen molar-refractivity contribution in [3.8, 4) is 0 Å². The lowest BCUT2D eigenvalue weighted by molar-refractivity contribution is -0.125. The Balaban J connectivity index is 3.83. The zero-order valence-corrected chi connectivity index (χ0v) is 8.89. The number of nitrogens with one attached hydrogen (secondary N) is 1. The maximum Gasteiger partial charge on any atom is 0.224 e. The summed E-state index contributed by atoms with van der Waals surface area (Å²) < 4.78 is 5.16. The van der Waals surface area contributed by atoms with Crippen molar-refractivity contribution in [1.29, 1.82) is 0 Å². The number of ether oxygens (including phenoxy) is 1. The van der Waals surface area contributed by atoms with Crippen LogP contribution in [0.2, 0.25) is 0 Å². The molecule has 13 heavy (non-hydrogen) atoms. The van der Waals surface area contributed by atoms with Crippen molar-refractivity contribution < 1.29 is 9.53 Å². The van der Waals surface area contributed by atoms with Gasteiger partial charge in [0, 0.05) is 26.1 Å². The van der Waals surface area contributed by atoms with Crippen LogP contribution in [0.4, 0.5) is 0 Å². The summed E-state index contributed by atoms with van der Waals surface area (Å²) in [5.74, 6) is -0.153. The van der Waals surface area contributed by atoms with Gasteiger partial charge in [0.1, 0.15) is 0 Å². The molecule has 3 N–H and O–H groups in total. The lowest BCUT2D eigenvalue weighted by atomic mass is 10.1. The van der Waals surface area contributed by atoms with Crippen molar-refractivity contribution in [3.05, 3.63) is 0 Å². The van der Waals surface area contributed by atoms with Gasteiger partial charge in [0.2, 0.25) is 5.91 Å². The lowest BCUT2D eigenvalue weighted by Crippen LogP contribution is -2.42. The second-order valence-corrected chi connectivity index (χ2v) is 3.82. The highest BCUT2D eigenvalue weighted by atomic mass is 16.5. The third-order valence-electron chi connectivity index (χ3n) is 2.04. The van der Waals surface area contributed by atoms with E-state index in [2.05, 4.69) is 5.32 Å². The summed E-state index contributed by atoms with van der Waals surface area (Å²) in [6.07, 6.45) is 0. The van der Waals surface area contributed by atoms with Crippen molar-refractivity contribution in [2.75, 3.05) is 20.2 Å². The minimum absolute atomic E-state index is 0.0207. The molecule has 0 aromatic carbocycles. The average Bonchev–Trinajstić information content (AvgIpc) is 2.13. The smallest absolute Gasteiger partial charge is 0.224 e. The highest BCUT2D eigenvalue weighted by molar-refractivity contribution is 5.78. The maximum atomic E-state index is 11.3. The van der Waals surface area contributed by atoms with Gasteiger partial charge in [-0.2, -0.15) is 0 Å². The number of hydrogen-bond acceptors (Lipinski definition) is 3. The van der Waals surface area contributed by atoms with Gasteiger partial charge in [-0.3, -0.25) is 4.79 Å². The third kappa shape index (κ3) is 4.85. The van der Waals surface area contributed by atoms with Gasteiger partial charge in [0.25, 0.3) is 0 Å². The molecule has 0 bridgehead atoms. The molecule has 0 heterocycles. The Morgan fingerprint density at radius 1 is 1.62 bits per heavy atom. The number of carbonyl (C=O) groups is 1. The molecule has 4 heteroatoms. The minimum atomic E-state index is -0.315. The molecule has 0 spiro atoms. The van der Waals surface area contributed by atoms with Crippen molar-refractivity contribution in [2.24, 2.45) is 11.7 Å². The minimum Gasteiger partial charge on any atom is -0.377 e. The monoisotopic (exact) mass is 188 g/mol. The SMILES string of the molecule is COC(C)(C)CNC(=O)C(C)CN. The van der Waals surface area contributed by atoms with E-state index in [9.17, 15) is 4.79 Å². The molecule has 1 atom stereocenters. The van der Waals surface area contributed by atoms with Gasteiger partial charge in [-0.1, -0.05) is 6.92 Å². The Morgan fingerprint density at radius 3 is 2.54 bits per heavy atom. The fourth-order valence-electron chi connectivity index (χ4n) is 0.653. The molecule has 1 amide bonds. The van der Waals surface area contributed by atoms with Gasteiger partial charge in [0.15, 0.2) is 0 Å². The van der Waals surface area contributed by atoms with Crippen LogP contribution in [-0.4, -0.2) is 31.7 Å². The molecular weight excluding hydrogens is 168 g/mol. The first-order chi connectivity index (χ1) is 5.93. The number of methoxy groups -OCH3 is 1. The quantitative estimate of drug-likeness (QED) is 0.644. The fourth-order valence-corrected chi connectivity index (χ4v) is 0.653. The first-order valence-electron chi connectivity index (χ1n) is 4.46. The number of hydrogen-bond donors (Lipinski definition) is 2. The first-order valence-corrected chi connectivity index (χ1v) is 4.46. The van der Waals surface area contributed by atoms with Gasteiger partial charge >= 0.3 is 0 Å². The zero-order chi connectivity index (χ0) is 10.5. The molecule has 4 nitrogen and oxygen atoms in total. The zero-order valence-electron chi connectivity index (χ0n) is 8.89. The Bertz CT molecular complexity index is 169. The second kappa shape index (κ2) is 5.19. The predicted octanol–water partition coefficient (Wildman–Crippen LogP) is 0.122. The molecule has 0 saturated carbocycles. The number of rotatable bonds is 5. The van der Waals surface area contributed by atoms with Crippen LogP contribution in [-0.2, 0) is 9.53 Å². The predicted molar refractivity (Wildman–Crippen MR) is 52.3 cm³/mol. The van der Waals surface area contributed by atoms with E-state index in [0.717, 1.165) is 0 Å². The normalized spacial score (nSPS) is 13.9. The highest BCUT2D eigenvalue weighted by Crippen LogP contribution is 2.05. The third-order valence-corrected chi connectivity index (χ3v) is 2.04. The largest absolute Gasteiger partial charge is 0.377 e. The van der Waals surface area contributed by atoms with Crippen molar-refractivity contribution in [3.63, 3.8) is 0 Å². The maximum absolute atomic E-state index is 11.3. The molecule has 0 aliphatic heterocycles. The molecule has 78 valence electrons. The summed E-state index contributed by atoms with van der Waals surface area (Å²) in [4.78, 5) is 11.3. The lowest BCUT2D eigenvalue weighted by Gasteiger charge is -2.23. The molecule has 0 aromatic heterocycles. The first kappa shape index (κ1) is 12.4. The van der Waals surface area contributed by atoms with Gasteiger partial charge in [0.05, 0.1) is 5.60 Å². The van der Waals surface area contributed by atoms with E-state index in [1.807, 2.05) is 13.8 Å². The van der Waals surface area contributed by atoms with Crippen LogP contribution < -0.4 is 11.1 Å². The number of amides is 1. The van der Waals surface area contributed by atoms with Gasteiger partial charge in [-0.05, 0) is 13.8 Å². The topological polar surface area (TPSA) is 64.3 Å². The average molecular weight is 188 g/mol. The molecule has 1 unspecified atom stereocenters. The molecule has 0 fully saturated rings. The Labute approximate surface area is 79.8 Å². The summed E-state index contributed by atoms with van der Waals surface area (Å²) in [6.45, 7) is 6.52. The molecule has 0 aliphatic carbocycles. The number of nitrogens with two attached hydrogens (primary N) is 1. The fraction of sp³-hybridized carbons (Fsp3) is 0.889. The van der Waals surface area contributed by atoms with E-state index < -0.39 is 0 Å². The summed E-state index contributed by atoms with van der Waals surface area (Å²) >= 11 is 0. The van der Waals surface area contributed by atoms with Crippen LogP contribution >= 0.6 is 0 Å². The van der Waals surface area contributed by atoms with Gasteiger partial charge in [-0.25, -0.2) is 0 Å². The Kier molecular flexibility index (Phi) is 4.95. The van der Waals surface area contributed by atoms with E-state index in [0.29, 0.717) is 13.1 Å². The van der Waals surface area contributed by atoms with Gasteiger partial charge in [-0.15, -0.1) is 0 Å². The van der Waals surface area contributed by atoms with E-state index in [1.54, 1.807) is 14.0 Å². The molecular formula is C9H20N2O2. The highest BCUT2D eigenvalue weighted by Gasteiger charge is 2.18. The van der Waals surface area contributed by atoms with Crippen LogP contribution in [0.3, 0.4) is 0 Å². The number of carbonyl (C=O) groups excluding carboxylic acids is 1. The van der Waals surface area contributed by atoms with Crippen LogP contribution in [0.5, 0.6) is 0 Å². The second-order valence-electron chi connectivity index (χ2n) is 3.82. The summed E-state index contributed by atoms with van der Waals surface area (Å²) in [5.41, 5.74) is 5.04. The van der Waals surface area contributed by atoms with Crippen LogP contribution in [0.1, 0.15) is 20.8 Å². The standard InChI is InChI=1S/C9H20N2O2/c1-7(5-10)8(12)11-6-9(2,3)13-4/h7H,5-6,10H2,1-4H3,(H,11,12). The Morgan fingerprint density at radius 2 is 2.15 bits per heavy atom. The van der Waals surface area contributed by atoms with E-state index in [-0.39, 0.29) is 17.4 Å². The van der Waals surface area contributed by atoms with Gasteiger partial charge < -0.3 is 15.8 Å². The Hall–Kier alpha value is -0.610. The summed E-state index contributed by atoms with van der Waals surface area (Å²) in [6, 6.07) is 0. The molecule has 0 saturated heterocycles. The summed E-state index contributed by atoms with van der Waals surface area (Å²) in [5, 5.41) is 2.78. The molecule has 0 radical (unpaired) electrons. The van der Waals surface area contributed by atoms with E-state index >= 15 is 0 Å². The molecule has 0 aliphatic rings. The van der Waals surface area contributed by atoms with Crippen molar-refractivity contribution in [2.45, 2.75) is 26.4 Å². The van der Waals surface area contributed by atoms with Crippen molar-refractivity contribution >= 4 is 5.91 Å². The van der Waals surface area contributed by atoms with E-state index in [4.69, 9.17) is 10.5 Å². The molecule has 0 aromatic rings. The molecule has 0 rings (SSSR count).